The molecule has 0 radical (unpaired) electrons. The number of aromatic nitrogens is 1. The maximum Gasteiger partial charge on any atom is 0.180 e. The highest BCUT2D eigenvalue weighted by Gasteiger charge is 2.30. The van der Waals surface area contributed by atoms with Gasteiger partial charge in [0.15, 0.2) is 5.13 Å². The van der Waals surface area contributed by atoms with Gasteiger partial charge in [-0.1, -0.05) is 0 Å². The van der Waals surface area contributed by atoms with Crippen LogP contribution >= 0.6 is 11.3 Å². The number of anilines is 2. The first-order chi connectivity index (χ1) is 8.94. The van der Waals surface area contributed by atoms with Crippen molar-refractivity contribution in [2.24, 2.45) is 0 Å². The fourth-order valence-corrected chi connectivity index (χ4v) is 3.04. The van der Waals surface area contributed by atoms with Gasteiger partial charge < -0.3 is 15.4 Å². The summed E-state index contributed by atoms with van der Waals surface area (Å²) in [6, 6.07) is 6.15. The summed E-state index contributed by atoms with van der Waals surface area (Å²) in [5.74, 6) is 0.922. The van der Waals surface area contributed by atoms with Gasteiger partial charge in [-0.05, 0) is 32.0 Å². The Morgan fingerprint density at radius 3 is 2.89 bits per heavy atom. The van der Waals surface area contributed by atoms with Crippen LogP contribution in [0.25, 0.3) is 11.3 Å². The van der Waals surface area contributed by atoms with Crippen molar-refractivity contribution >= 4 is 22.2 Å². The molecular formula is C14H17N3OS. The molecule has 0 bridgehead atoms. The molecule has 1 aliphatic heterocycles. The Hall–Kier alpha value is -1.75. The number of ether oxygens (including phenoxy) is 1. The van der Waals surface area contributed by atoms with Crippen LogP contribution in [-0.2, 0) is 0 Å². The maximum atomic E-state index is 6.00. The minimum absolute atomic E-state index is 0.158. The second-order valence-electron chi connectivity index (χ2n) is 5.47. The number of thiazole rings is 1. The number of rotatable bonds is 1. The molecule has 2 heterocycles. The normalized spacial score (nSPS) is 16.9. The third-order valence-corrected chi connectivity index (χ3v) is 3.87. The molecule has 2 aromatic rings. The van der Waals surface area contributed by atoms with E-state index in [9.17, 15) is 0 Å². The molecule has 2 N–H and O–H groups in total. The molecule has 4 nitrogen and oxygen atoms in total. The molecule has 1 aliphatic rings. The van der Waals surface area contributed by atoms with Crippen LogP contribution in [0.1, 0.15) is 13.8 Å². The Labute approximate surface area is 116 Å². The molecule has 0 saturated heterocycles. The first-order valence-electron chi connectivity index (χ1n) is 6.20. The minimum Gasteiger partial charge on any atom is -0.484 e. The van der Waals surface area contributed by atoms with Crippen LogP contribution < -0.4 is 15.4 Å². The summed E-state index contributed by atoms with van der Waals surface area (Å²) < 4.78 is 6.00. The zero-order chi connectivity index (χ0) is 13.6. The summed E-state index contributed by atoms with van der Waals surface area (Å²) in [4.78, 5) is 6.54. The van der Waals surface area contributed by atoms with Crippen LogP contribution in [0.2, 0.25) is 0 Å². The molecule has 19 heavy (non-hydrogen) atoms. The number of fused-ring (bicyclic) bond motifs is 1. The average Bonchev–Trinajstić information content (AvgIpc) is 2.74. The van der Waals surface area contributed by atoms with E-state index in [0.717, 1.165) is 29.2 Å². The van der Waals surface area contributed by atoms with Gasteiger partial charge in [-0.2, -0.15) is 0 Å². The number of nitrogens with two attached hydrogens (primary N) is 1. The predicted octanol–water partition coefficient (Wildman–Crippen LogP) is 3.00. The van der Waals surface area contributed by atoms with Crippen LogP contribution in [0, 0.1) is 0 Å². The lowest BCUT2D eigenvalue weighted by molar-refractivity contribution is 0.107. The van der Waals surface area contributed by atoms with E-state index in [1.165, 1.54) is 11.3 Å². The summed E-state index contributed by atoms with van der Waals surface area (Å²) in [5, 5.41) is 2.57. The zero-order valence-corrected chi connectivity index (χ0v) is 12.1. The van der Waals surface area contributed by atoms with Gasteiger partial charge in [0.2, 0.25) is 0 Å². The van der Waals surface area contributed by atoms with Crippen molar-refractivity contribution in [2.45, 2.75) is 19.4 Å². The van der Waals surface area contributed by atoms with Gasteiger partial charge in [-0.15, -0.1) is 11.3 Å². The summed E-state index contributed by atoms with van der Waals surface area (Å²) in [5.41, 5.74) is 8.62. The minimum atomic E-state index is -0.158. The molecule has 1 aromatic carbocycles. The molecule has 0 spiro atoms. The first kappa shape index (κ1) is 12.3. The molecule has 5 heteroatoms. The second-order valence-corrected chi connectivity index (χ2v) is 6.36. The van der Waals surface area contributed by atoms with E-state index in [0.29, 0.717) is 5.13 Å². The number of likely N-dealkylation sites (N-methyl/N-ethyl adjacent to an activating group) is 1. The van der Waals surface area contributed by atoms with Crippen molar-refractivity contribution < 1.29 is 4.74 Å². The number of nitrogen functional groups attached to an aromatic ring is 1. The molecule has 0 saturated carbocycles. The Balaban J connectivity index is 2.03. The summed E-state index contributed by atoms with van der Waals surface area (Å²) in [6.45, 7) is 5.06. The van der Waals surface area contributed by atoms with E-state index in [4.69, 9.17) is 10.5 Å². The van der Waals surface area contributed by atoms with E-state index < -0.39 is 0 Å². The maximum absolute atomic E-state index is 6.00. The molecule has 100 valence electrons. The lowest BCUT2D eigenvalue weighted by Gasteiger charge is -2.39. The Kier molecular flexibility index (Phi) is 2.67. The van der Waals surface area contributed by atoms with E-state index in [1.54, 1.807) is 0 Å². The number of benzene rings is 1. The smallest absolute Gasteiger partial charge is 0.180 e. The molecule has 0 atom stereocenters. The highest BCUT2D eigenvalue weighted by Crippen LogP contribution is 2.39. The van der Waals surface area contributed by atoms with Gasteiger partial charge >= 0.3 is 0 Å². The predicted molar refractivity (Wildman–Crippen MR) is 79.9 cm³/mol. The van der Waals surface area contributed by atoms with E-state index >= 15 is 0 Å². The van der Waals surface area contributed by atoms with Gasteiger partial charge in [0.1, 0.15) is 11.4 Å². The van der Waals surface area contributed by atoms with Crippen molar-refractivity contribution in [1.82, 2.24) is 4.98 Å². The molecule has 0 aliphatic carbocycles. The van der Waals surface area contributed by atoms with Crippen molar-refractivity contribution in [3.8, 4) is 17.0 Å². The monoisotopic (exact) mass is 275 g/mol. The SMILES string of the molecule is CN1CC(C)(C)Oc2ccc(-c3csc(N)n3)cc21. The third-order valence-electron chi connectivity index (χ3n) is 3.19. The molecular weight excluding hydrogens is 258 g/mol. The van der Waals surface area contributed by atoms with E-state index in [1.807, 2.05) is 17.5 Å². The topological polar surface area (TPSA) is 51.4 Å². The quantitative estimate of drug-likeness (QED) is 0.869. The van der Waals surface area contributed by atoms with Gasteiger partial charge in [-0.25, -0.2) is 4.98 Å². The molecule has 3 rings (SSSR count). The van der Waals surface area contributed by atoms with Crippen LogP contribution in [0.3, 0.4) is 0 Å². The Morgan fingerprint density at radius 1 is 1.42 bits per heavy atom. The van der Waals surface area contributed by atoms with Crippen LogP contribution in [0.5, 0.6) is 5.75 Å². The first-order valence-corrected chi connectivity index (χ1v) is 7.08. The van der Waals surface area contributed by atoms with Gasteiger partial charge in [0.05, 0.1) is 17.9 Å². The largest absolute Gasteiger partial charge is 0.484 e. The number of nitrogens with zero attached hydrogens (tertiary/aromatic N) is 2. The zero-order valence-electron chi connectivity index (χ0n) is 11.3. The van der Waals surface area contributed by atoms with Crippen LogP contribution in [-0.4, -0.2) is 24.2 Å². The molecule has 0 fully saturated rings. The molecule has 1 aromatic heterocycles. The van der Waals surface area contributed by atoms with Gasteiger partial charge in [0.25, 0.3) is 0 Å². The van der Waals surface area contributed by atoms with E-state index in [-0.39, 0.29) is 5.60 Å². The summed E-state index contributed by atoms with van der Waals surface area (Å²) in [6.07, 6.45) is 0. The summed E-state index contributed by atoms with van der Waals surface area (Å²) in [7, 11) is 2.09. The number of hydrogen-bond acceptors (Lipinski definition) is 5. The van der Waals surface area contributed by atoms with Crippen LogP contribution in [0.4, 0.5) is 10.8 Å². The van der Waals surface area contributed by atoms with Crippen molar-refractivity contribution in [2.75, 3.05) is 24.2 Å². The standard InChI is InChI=1S/C14H17N3OS/c1-14(2)8-17(3)11-6-9(4-5-12(11)18-14)10-7-19-13(15)16-10/h4-7H,8H2,1-3H3,(H2,15,16). The van der Waals surface area contributed by atoms with Gasteiger partial charge in [-0.3, -0.25) is 0 Å². The third kappa shape index (κ3) is 2.26. The Bertz CT molecular complexity index is 621. The Morgan fingerprint density at radius 2 is 2.21 bits per heavy atom. The lowest BCUT2D eigenvalue weighted by atomic mass is 10.0. The molecule has 0 unspecified atom stereocenters. The molecule has 0 amide bonds. The summed E-state index contributed by atoms with van der Waals surface area (Å²) >= 11 is 1.46. The fourth-order valence-electron chi connectivity index (χ4n) is 2.47. The second kappa shape index (κ2) is 4.13. The van der Waals surface area contributed by atoms with Gasteiger partial charge in [0, 0.05) is 18.0 Å². The highest BCUT2D eigenvalue weighted by molar-refractivity contribution is 7.13. The highest BCUT2D eigenvalue weighted by atomic mass is 32.1. The van der Waals surface area contributed by atoms with Crippen LogP contribution in [0.15, 0.2) is 23.6 Å². The number of hydrogen-bond donors (Lipinski definition) is 1. The lowest BCUT2D eigenvalue weighted by Crippen LogP contribution is -2.45. The average molecular weight is 275 g/mol. The van der Waals surface area contributed by atoms with Crippen molar-refractivity contribution in [1.29, 1.82) is 0 Å². The fraction of sp³-hybridized carbons (Fsp3) is 0.357. The van der Waals surface area contributed by atoms with Crippen molar-refractivity contribution in [3.05, 3.63) is 23.6 Å². The van der Waals surface area contributed by atoms with Crippen molar-refractivity contribution in [3.63, 3.8) is 0 Å². The van der Waals surface area contributed by atoms with E-state index in [2.05, 4.69) is 36.8 Å².